The molecule has 1 aliphatic rings. The maximum atomic E-state index is 12.8. The van der Waals surface area contributed by atoms with Crippen LogP contribution in [-0.2, 0) is 11.3 Å². The molecule has 1 saturated heterocycles. The molecule has 3 aromatic rings. The van der Waals surface area contributed by atoms with E-state index in [2.05, 4.69) is 23.7 Å². The molecule has 1 fully saturated rings. The number of ether oxygens (including phenoxy) is 2. The molecule has 2 aromatic carbocycles. The Morgan fingerprint density at radius 3 is 2.72 bits per heavy atom. The van der Waals surface area contributed by atoms with E-state index in [1.807, 2.05) is 55.5 Å². The summed E-state index contributed by atoms with van der Waals surface area (Å²) in [5, 5.41) is 0.844. The van der Waals surface area contributed by atoms with Crippen LogP contribution in [0.3, 0.4) is 0 Å². The third-order valence-corrected chi connectivity index (χ3v) is 5.58. The Balaban J connectivity index is 1.51. The topological polar surface area (TPSA) is 54.6 Å². The van der Waals surface area contributed by atoms with E-state index in [-0.39, 0.29) is 18.7 Å². The first-order valence-electron chi connectivity index (χ1n) is 10.3. The van der Waals surface area contributed by atoms with Gasteiger partial charge in [-0.2, -0.15) is 0 Å². The molecule has 5 nitrogen and oxygen atoms in total. The van der Waals surface area contributed by atoms with E-state index in [9.17, 15) is 4.79 Å². The molecule has 0 aliphatic carbocycles. The Morgan fingerprint density at radius 1 is 1.21 bits per heavy atom. The van der Waals surface area contributed by atoms with Crippen molar-refractivity contribution in [3.05, 3.63) is 65.4 Å². The fourth-order valence-electron chi connectivity index (χ4n) is 3.95. The second-order valence-corrected chi connectivity index (χ2v) is 8.01. The van der Waals surface area contributed by atoms with Crippen LogP contribution < -0.4 is 4.74 Å². The molecule has 2 heterocycles. The molecule has 4 rings (SSSR count). The standard InChI is InChI=1S/C24H28N2O3/c1-16(2)26-12-11-20(14-26)29-19-9-10-22-21(13-19)23(17(3)25-22)24(27)28-15-18-7-5-4-6-8-18/h4-10,13,16,20,25H,11-12,14-15H2,1-3H3. The minimum Gasteiger partial charge on any atom is -0.489 e. The average molecular weight is 392 g/mol. The lowest BCUT2D eigenvalue weighted by Gasteiger charge is -2.20. The molecule has 0 bridgehead atoms. The molecule has 0 saturated carbocycles. The summed E-state index contributed by atoms with van der Waals surface area (Å²) in [4.78, 5) is 18.5. The molecule has 0 radical (unpaired) electrons. The van der Waals surface area contributed by atoms with Crippen LogP contribution in [0.5, 0.6) is 5.75 Å². The number of carbonyl (C=O) groups is 1. The normalized spacial score (nSPS) is 17.2. The van der Waals surface area contributed by atoms with Gasteiger partial charge in [-0.1, -0.05) is 30.3 Å². The number of aromatic nitrogens is 1. The molecular weight excluding hydrogens is 364 g/mol. The molecule has 29 heavy (non-hydrogen) atoms. The van der Waals surface area contributed by atoms with Crippen molar-refractivity contribution in [1.82, 2.24) is 9.88 Å². The third-order valence-electron chi connectivity index (χ3n) is 5.58. The summed E-state index contributed by atoms with van der Waals surface area (Å²) in [6.07, 6.45) is 1.21. The highest BCUT2D eigenvalue weighted by Crippen LogP contribution is 2.29. The first-order valence-corrected chi connectivity index (χ1v) is 10.3. The lowest BCUT2D eigenvalue weighted by molar-refractivity contribution is 0.0474. The Hall–Kier alpha value is -2.79. The first kappa shape index (κ1) is 19.5. The minimum absolute atomic E-state index is 0.184. The summed E-state index contributed by atoms with van der Waals surface area (Å²) in [6, 6.07) is 16.1. The predicted octanol–water partition coefficient (Wildman–Crippen LogP) is 4.69. The summed E-state index contributed by atoms with van der Waals surface area (Å²) in [7, 11) is 0. The second kappa shape index (κ2) is 8.29. The molecular formula is C24H28N2O3. The van der Waals surface area contributed by atoms with E-state index in [4.69, 9.17) is 9.47 Å². The molecule has 0 spiro atoms. The smallest absolute Gasteiger partial charge is 0.340 e. The third kappa shape index (κ3) is 4.30. The summed E-state index contributed by atoms with van der Waals surface area (Å²) < 4.78 is 11.8. The van der Waals surface area contributed by atoms with Crippen molar-refractivity contribution in [2.75, 3.05) is 13.1 Å². The van der Waals surface area contributed by atoms with Crippen LogP contribution in [0.2, 0.25) is 0 Å². The number of benzene rings is 2. The van der Waals surface area contributed by atoms with Gasteiger partial charge in [-0.05, 0) is 51.0 Å². The lowest BCUT2D eigenvalue weighted by atomic mass is 10.1. The molecule has 0 amide bonds. The van der Waals surface area contributed by atoms with Crippen molar-refractivity contribution >= 4 is 16.9 Å². The Bertz CT molecular complexity index is 994. The van der Waals surface area contributed by atoms with Gasteiger partial charge in [0.1, 0.15) is 18.5 Å². The van der Waals surface area contributed by atoms with Gasteiger partial charge in [-0.25, -0.2) is 4.79 Å². The van der Waals surface area contributed by atoms with Crippen LogP contribution in [0, 0.1) is 6.92 Å². The van der Waals surface area contributed by atoms with Crippen LogP contribution in [-0.4, -0.2) is 41.1 Å². The second-order valence-electron chi connectivity index (χ2n) is 8.01. The molecule has 1 atom stereocenters. The number of likely N-dealkylation sites (tertiary alicyclic amines) is 1. The van der Waals surface area contributed by atoms with Gasteiger partial charge in [0.15, 0.2) is 0 Å². The molecule has 152 valence electrons. The number of fused-ring (bicyclic) bond motifs is 1. The maximum Gasteiger partial charge on any atom is 0.340 e. The fraction of sp³-hybridized carbons (Fsp3) is 0.375. The van der Waals surface area contributed by atoms with Gasteiger partial charge in [-0.15, -0.1) is 0 Å². The van der Waals surface area contributed by atoms with Crippen molar-refractivity contribution in [3.8, 4) is 5.75 Å². The van der Waals surface area contributed by atoms with Crippen LogP contribution in [0.1, 0.15) is 41.9 Å². The summed E-state index contributed by atoms with van der Waals surface area (Å²) >= 11 is 0. The van der Waals surface area contributed by atoms with Gasteiger partial charge < -0.3 is 14.5 Å². The highest BCUT2D eigenvalue weighted by atomic mass is 16.5. The number of nitrogens with zero attached hydrogens (tertiary/aromatic N) is 1. The molecule has 1 N–H and O–H groups in total. The van der Waals surface area contributed by atoms with Gasteiger partial charge >= 0.3 is 5.97 Å². The summed E-state index contributed by atoms with van der Waals surface area (Å²) in [6.45, 7) is 8.58. The number of nitrogens with one attached hydrogen (secondary N) is 1. The van der Waals surface area contributed by atoms with Crippen LogP contribution in [0.4, 0.5) is 0 Å². The molecule has 1 aliphatic heterocycles. The largest absolute Gasteiger partial charge is 0.489 e. The summed E-state index contributed by atoms with van der Waals surface area (Å²) in [5.74, 6) is 0.478. The van der Waals surface area contributed by atoms with Crippen LogP contribution >= 0.6 is 0 Å². The van der Waals surface area contributed by atoms with Gasteiger partial charge in [0, 0.05) is 35.7 Å². The Labute approximate surface area is 171 Å². The zero-order chi connectivity index (χ0) is 20.4. The Kier molecular flexibility index (Phi) is 5.58. The van der Waals surface area contributed by atoms with Crippen molar-refractivity contribution in [2.45, 2.75) is 45.9 Å². The monoisotopic (exact) mass is 392 g/mol. The fourth-order valence-corrected chi connectivity index (χ4v) is 3.95. The van der Waals surface area contributed by atoms with Crippen LogP contribution in [0.25, 0.3) is 10.9 Å². The number of hydrogen-bond donors (Lipinski definition) is 1. The highest BCUT2D eigenvalue weighted by Gasteiger charge is 2.26. The van der Waals surface area contributed by atoms with Crippen LogP contribution in [0.15, 0.2) is 48.5 Å². The zero-order valence-electron chi connectivity index (χ0n) is 17.3. The number of aryl methyl sites for hydroxylation is 1. The lowest BCUT2D eigenvalue weighted by Crippen LogP contribution is -2.30. The van der Waals surface area contributed by atoms with E-state index in [1.165, 1.54) is 0 Å². The van der Waals surface area contributed by atoms with E-state index in [0.717, 1.165) is 47.4 Å². The SMILES string of the molecule is Cc1[nH]c2ccc(OC3CCN(C(C)C)C3)cc2c1C(=O)OCc1ccccc1. The number of hydrogen-bond acceptors (Lipinski definition) is 4. The van der Waals surface area contributed by atoms with Crippen molar-refractivity contribution in [1.29, 1.82) is 0 Å². The first-order chi connectivity index (χ1) is 14.0. The van der Waals surface area contributed by atoms with Gasteiger partial charge in [-0.3, -0.25) is 4.90 Å². The number of esters is 1. The van der Waals surface area contributed by atoms with E-state index in [0.29, 0.717) is 11.6 Å². The number of H-pyrrole nitrogens is 1. The summed E-state index contributed by atoms with van der Waals surface area (Å²) in [5.41, 5.74) is 3.27. The number of rotatable bonds is 6. The zero-order valence-corrected chi connectivity index (χ0v) is 17.3. The highest BCUT2D eigenvalue weighted by molar-refractivity contribution is 6.05. The number of carbonyl (C=O) groups excluding carboxylic acids is 1. The van der Waals surface area contributed by atoms with E-state index >= 15 is 0 Å². The minimum atomic E-state index is -0.318. The van der Waals surface area contributed by atoms with Crippen molar-refractivity contribution in [2.24, 2.45) is 0 Å². The quantitative estimate of drug-likeness (QED) is 0.618. The number of aromatic amines is 1. The average Bonchev–Trinajstić information content (AvgIpc) is 3.30. The molecule has 1 aromatic heterocycles. The van der Waals surface area contributed by atoms with Gasteiger partial charge in [0.05, 0.1) is 5.56 Å². The van der Waals surface area contributed by atoms with E-state index in [1.54, 1.807) is 0 Å². The van der Waals surface area contributed by atoms with Crippen molar-refractivity contribution < 1.29 is 14.3 Å². The van der Waals surface area contributed by atoms with Crippen molar-refractivity contribution in [3.63, 3.8) is 0 Å². The molecule has 1 unspecified atom stereocenters. The van der Waals surface area contributed by atoms with E-state index < -0.39 is 0 Å². The van der Waals surface area contributed by atoms with Gasteiger partial charge in [0.2, 0.25) is 0 Å². The van der Waals surface area contributed by atoms with Gasteiger partial charge in [0.25, 0.3) is 0 Å². The Morgan fingerprint density at radius 2 is 2.00 bits per heavy atom. The molecule has 5 heteroatoms. The predicted molar refractivity (Wildman–Crippen MR) is 114 cm³/mol. The maximum absolute atomic E-state index is 12.8.